The second kappa shape index (κ2) is 10.6. The summed E-state index contributed by atoms with van der Waals surface area (Å²) in [6.45, 7) is -0.0111. The fraction of sp³-hybridized carbons (Fsp3) is 0.0800. The Labute approximate surface area is 212 Å². The van der Waals surface area contributed by atoms with Crippen LogP contribution in [0.5, 0.6) is 17.2 Å². The molecule has 0 radical (unpaired) electrons. The van der Waals surface area contributed by atoms with E-state index in [-0.39, 0.29) is 29.6 Å². The van der Waals surface area contributed by atoms with Crippen LogP contribution in [0.4, 0.5) is 24.5 Å². The number of anilines is 1. The van der Waals surface area contributed by atoms with Gasteiger partial charge >= 0.3 is 6.18 Å². The molecular weight excluding hydrogens is 517 g/mol. The lowest BCUT2D eigenvalue weighted by molar-refractivity contribution is -0.384. The summed E-state index contributed by atoms with van der Waals surface area (Å²) in [5.74, 6) is -0.438. The molecule has 0 saturated carbocycles. The first-order valence-corrected chi connectivity index (χ1v) is 10.9. The van der Waals surface area contributed by atoms with Crippen molar-refractivity contribution in [3.8, 4) is 17.2 Å². The lowest BCUT2D eigenvalue weighted by Crippen LogP contribution is -2.11. The van der Waals surface area contributed by atoms with Crippen LogP contribution in [0.3, 0.4) is 0 Å². The van der Waals surface area contributed by atoms with Gasteiger partial charge in [0.05, 0.1) is 27.3 Å². The molecule has 0 saturated heterocycles. The normalized spacial score (nSPS) is 11.1. The minimum absolute atomic E-state index is 0.0111. The first-order valence-electron chi connectivity index (χ1n) is 10.5. The van der Waals surface area contributed by atoms with Gasteiger partial charge in [0.2, 0.25) is 0 Å². The summed E-state index contributed by atoms with van der Waals surface area (Å²) in [4.78, 5) is 23.3. The van der Waals surface area contributed by atoms with Gasteiger partial charge in [-0.15, -0.1) is 0 Å². The van der Waals surface area contributed by atoms with Crippen LogP contribution in [0.2, 0.25) is 5.02 Å². The molecule has 0 aliphatic rings. The molecule has 37 heavy (non-hydrogen) atoms. The van der Waals surface area contributed by atoms with Crippen LogP contribution in [-0.4, -0.2) is 10.8 Å². The molecule has 12 heteroatoms. The minimum Gasteiger partial charge on any atom is -0.484 e. The summed E-state index contributed by atoms with van der Waals surface area (Å²) >= 11 is 6.03. The average molecular weight is 533 g/mol. The van der Waals surface area contributed by atoms with E-state index in [2.05, 4.69) is 5.32 Å². The molecular formula is C25H16ClF3N2O6. The highest BCUT2D eigenvalue weighted by atomic mass is 35.5. The number of rotatable bonds is 8. The molecule has 190 valence electrons. The third kappa shape index (κ3) is 6.58. The number of amides is 1. The maximum atomic E-state index is 13.0. The summed E-state index contributed by atoms with van der Waals surface area (Å²) in [5, 5.41) is 14.2. The van der Waals surface area contributed by atoms with E-state index in [1.165, 1.54) is 24.3 Å². The zero-order valence-corrected chi connectivity index (χ0v) is 19.4. The average Bonchev–Trinajstić information content (AvgIpc) is 3.32. The van der Waals surface area contributed by atoms with Gasteiger partial charge in [-0.2, -0.15) is 13.2 Å². The standard InChI is InChI=1S/C25H16ClF3N2O6/c26-21-6-1-2-7-22(21)35-14-19-8-9-23(37-19)24(32)30-16-11-17(31(33)34)13-20(12-16)36-18-5-3-4-15(10-18)25(27,28)29/h1-13H,14H2,(H,30,32). The monoisotopic (exact) mass is 532 g/mol. The molecule has 1 heterocycles. The predicted molar refractivity (Wildman–Crippen MR) is 127 cm³/mol. The number of benzene rings is 3. The maximum absolute atomic E-state index is 13.0. The lowest BCUT2D eigenvalue weighted by atomic mass is 10.2. The summed E-state index contributed by atoms with van der Waals surface area (Å²) < 4.78 is 55.4. The maximum Gasteiger partial charge on any atom is 0.416 e. The number of ether oxygens (including phenoxy) is 2. The highest BCUT2D eigenvalue weighted by molar-refractivity contribution is 6.32. The predicted octanol–water partition coefficient (Wildman–Crippen LogP) is 7.48. The van der Waals surface area contributed by atoms with Crippen LogP contribution in [0, 0.1) is 10.1 Å². The zero-order valence-electron chi connectivity index (χ0n) is 18.6. The Morgan fingerprint density at radius 2 is 1.78 bits per heavy atom. The second-order valence-electron chi connectivity index (χ2n) is 7.54. The fourth-order valence-electron chi connectivity index (χ4n) is 3.17. The second-order valence-corrected chi connectivity index (χ2v) is 7.95. The number of nitro benzene ring substituents is 1. The first kappa shape index (κ1) is 25.6. The zero-order chi connectivity index (χ0) is 26.6. The molecule has 0 unspecified atom stereocenters. The quantitative estimate of drug-likeness (QED) is 0.186. The van der Waals surface area contributed by atoms with Crippen LogP contribution in [-0.2, 0) is 12.8 Å². The van der Waals surface area contributed by atoms with E-state index in [4.69, 9.17) is 25.5 Å². The number of carbonyl (C=O) groups excluding carboxylic acids is 1. The van der Waals surface area contributed by atoms with Crippen molar-refractivity contribution in [3.05, 3.63) is 111 Å². The molecule has 1 N–H and O–H groups in total. The third-order valence-corrected chi connectivity index (χ3v) is 5.16. The van der Waals surface area contributed by atoms with E-state index >= 15 is 0 Å². The number of non-ortho nitro benzene ring substituents is 1. The molecule has 0 spiro atoms. The van der Waals surface area contributed by atoms with Gasteiger partial charge in [-0.3, -0.25) is 14.9 Å². The van der Waals surface area contributed by atoms with E-state index in [9.17, 15) is 28.1 Å². The smallest absolute Gasteiger partial charge is 0.416 e. The van der Waals surface area contributed by atoms with Gasteiger partial charge in [0, 0.05) is 12.1 Å². The minimum atomic E-state index is -4.60. The topological polar surface area (TPSA) is 104 Å². The number of nitrogens with one attached hydrogen (secondary N) is 1. The Bertz CT molecular complexity index is 1450. The Morgan fingerprint density at radius 3 is 2.51 bits per heavy atom. The first-order chi connectivity index (χ1) is 17.6. The molecule has 1 amide bonds. The Hall–Kier alpha value is -4.51. The van der Waals surface area contributed by atoms with Gasteiger partial charge in [-0.25, -0.2) is 0 Å². The van der Waals surface area contributed by atoms with Crippen LogP contribution >= 0.6 is 11.6 Å². The van der Waals surface area contributed by atoms with Crippen molar-refractivity contribution >= 4 is 28.9 Å². The van der Waals surface area contributed by atoms with Crippen molar-refractivity contribution in [2.24, 2.45) is 0 Å². The number of para-hydroxylation sites is 1. The molecule has 1 aromatic heterocycles. The van der Waals surface area contributed by atoms with Crippen molar-refractivity contribution in [1.29, 1.82) is 0 Å². The molecule has 0 bridgehead atoms. The fourth-order valence-corrected chi connectivity index (χ4v) is 3.36. The molecule has 8 nitrogen and oxygen atoms in total. The summed E-state index contributed by atoms with van der Waals surface area (Å²) in [5.41, 5.74) is -1.43. The van der Waals surface area contributed by atoms with Crippen LogP contribution in [0.15, 0.2) is 83.3 Å². The number of hydrogen-bond donors (Lipinski definition) is 1. The molecule has 0 fully saturated rings. The summed E-state index contributed by atoms with van der Waals surface area (Å²) in [6, 6.07) is 17.1. The highest BCUT2D eigenvalue weighted by Crippen LogP contribution is 2.34. The molecule has 3 aromatic carbocycles. The molecule has 0 aliphatic carbocycles. The Balaban J connectivity index is 1.49. The van der Waals surface area contributed by atoms with Crippen LogP contribution in [0.1, 0.15) is 21.9 Å². The number of hydrogen-bond acceptors (Lipinski definition) is 6. The number of halogens is 4. The Kier molecular flexibility index (Phi) is 7.35. The van der Waals surface area contributed by atoms with Gasteiger partial charge in [0.25, 0.3) is 11.6 Å². The van der Waals surface area contributed by atoms with Crippen molar-refractivity contribution in [2.75, 3.05) is 5.32 Å². The number of furan rings is 1. The largest absolute Gasteiger partial charge is 0.484 e. The van der Waals surface area contributed by atoms with Gasteiger partial charge in [-0.1, -0.05) is 29.8 Å². The van der Waals surface area contributed by atoms with Gasteiger partial charge in [0.1, 0.15) is 29.6 Å². The number of alkyl halides is 3. The summed E-state index contributed by atoms with van der Waals surface area (Å²) in [7, 11) is 0. The SMILES string of the molecule is O=C(Nc1cc(Oc2cccc(C(F)(F)F)c2)cc([N+](=O)[O-])c1)c1ccc(COc2ccccc2Cl)o1. The molecule has 4 aromatic rings. The van der Waals surface area contributed by atoms with E-state index in [1.54, 1.807) is 24.3 Å². The van der Waals surface area contributed by atoms with Crippen molar-refractivity contribution in [1.82, 2.24) is 0 Å². The number of nitro groups is 1. The van der Waals surface area contributed by atoms with Gasteiger partial charge < -0.3 is 19.2 Å². The van der Waals surface area contributed by atoms with E-state index in [0.717, 1.165) is 30.3 Å². The number of carbonyl (C=O) groups is 1. The number of nitrogens with zero attached hydrogens (tertiary/aromatic N) is 1. The van der Waals surface area contributed by atoms with E-state index in [1.807, 2.05) is 0 Å². The molecule has 0 aliphatic heterocycles. The summed E-state index contributed by atoms with van der Waals surface area (Å²) in [6.07, 6.45) is -4.60. The van der Waals surface area contributed by atoms with Crippen molar-refractivity contribution in [3.63, 3.8) is 0 Å². The molecule has 4 rings (SSSR count). The Morgan fingerprint density at radius 1 is 1.00 bits per heavy atom. The van der Waals surface area contributed by atoms with Crippen molar-refractivity contribution < 1.29 is 36.8 Å². The van der Waals surface area contributed by atoms with Crippen LogP contribution in [0.25, 0.3) is 0 Å². The lowest BCUT2D eigenvalue weighted by Gasteiger charge is -2.11. The van der Waals surface area contributed by atoms with Gasteiger partial charge in [-0.05, 0) is 42.5 Å². The van der Waals surface area contributed by atoms with Crippen molar-refractivity contribution in [2.45, 2.75) is 12.8 Å². The highest BCUT2D eigenvalue weighted by Gasteiger charge is 2.30. The third-order valence-electron chi connectivity index (χ3n) is 4.85. The molecule has 0 atom stereocenters. The van der Waals surface area contributed by atoms with E-state index in [0.29, 0.717) is 16.5 Å². The van der Waals surface area contributed by atoms with Crippen LogP contribution < -0.4 is 14.8 Å². The van der Waals surface area contributed by atoms with E-state index < -0.39 is 28.3 Å². The van der Waals surface area contributed by atoms with Gasteiger partial charge in [0.15, 0.2) is 5.76 Å².